The molecule has 2 aromatic heterocycles. The Bertz CT molecular complexity index is 807. The van der Waals surface area contributed by atoms with E-state index >= 15 is 0 Å². The van der Waals surface area contributed by atoms with Crippen molar-refractivity contribution in [2.45, 2.75) is 19.4 Å². The van der Waals surface area contributed by atoms with Crippen LogP contribution in [-0.4, -0.2) is 27.4 Å². The first kappa shape index (κ1) is 17.5. The Hall–Kier alpha value is -3.28. The number of carbonyl (C=O) groups excluding carboxylic acids is 1. The van der Waals surface area contributed by atoms with E-state index in [1.807, 2.05) is 36.4 Å². The lowest BCUT2D eigenvalue weighted by Gasteiger charge is -2.07. The highest BCUT2D eigenvalue weighted by molar-refractivity contribution is 5.93. The predicted octanol–water partition coefficient (Wildman–Crippen LogP) is 2.85. The minimum Gasteiger partial charge on any atom is -0.352 e. The number of hydrogen-bond acceptors (Lipinski definition) is 5. The third-order valence-electron chi connectivity index (χ3n) is 3.84. The molecule has 1 aromatic carbocycles. The minimum atomic E-state index is -0.158. The fourth-order valence-corrected chi connectivity index (χ4v) is 2.45. The number of hydrogen-bond donors (Lipinski definition) is 2. The fraction of sp³-hybridized carbons (Fsp3) is 0.200. The summed E-state index contributed by atoms with van der Waals surface area (Å²) >= 11 is 0. The summed E-state index contributed by atoms with van der Waals surface area (Å²) in [4.78, 5) is 24.7. The topological polar surface area (TPSA) is 79.8 Å². The third kappa shape index (κ3) is 5.37. The maximum absolute atomic E-state index is 12.1. The first-order valence-corrected chi connectivity index (χ1v) is 8.59. The van der Waals surface area contributed by atoms with Crippen molar-refractivity contribution in [1.29, 1.82) is 0 Å². The summed E-state index contributed by atoms with van der Waals surface area (Å²) < 4.78 is 0. The molecule has 6 heteroatoms. The lowest BCUT2D eigenvalue weighted by atomic mass is 10.1. The molecule has 2 N–H and O–H groups in total. The molecule has 0 aliphatic carbocycles. The number of carbonyl (C=O) groups is 1. The van der Waals surface area contributed by atoms with E-state index < -0.39 is 0 Å². The second kappa shape index (κ2) is 9.27. The number of nitrogens with one attached hydrogen (secondary N) is 2. The number of rotatable bonds is 8. The maximum atomic E-state index is 12.1. The molecule has 3 rings (SSSR count). The van der Waals surface area contributed by atoms with Crippen LogP contribution < -0.4 is 10.6 Å². The highest BCUT2D eigenvalue weighted by Gasteiger charge is 2.06. The van der Waals surface area contributed by atoms with E-state index in [2.05, 4.69) is 37.7 Å². The normalized spacial score (nSPS) is 10.3. The Morgan fingerprint density at radius 3 is 2.42 bits per heavy atom. The molecule has 6 nitrogen and oxygen atoms in total. The molecule has 2 heterocycles. The van der Waals surface area contributed by atoms with Crippen molar-refractivity contribution < 1.29 is 4.79 Å². The number of amides is 1. The van der Waals surface area contributed by atoms with Gasteiger partial charge in [0.25, 0.3) is 5.91 Å². The van der Waals surface area contributed by atoms with Gasteiger partial charge in [-0.2, -0.15) is 0 Å². The lowest BCUT2D eigenvalue weighted by molar-refractivity contribution is 0.0952. The predicted molar refractivity (Wildman–Crippen MR) is 101 cm³/mol. The summed E-state index contributed by atoms with van der Waals surface area (Å²) in [6.45, 7) is 1.15. The first-order valence-electron chi connectivity index (χ1n) is 8.59. The molecule has 132 valence electrons. The van der Waals surface area contributed by atoms with Gasteiger partial charge in [-0.3, -0.25) is 9.78 Å². The minimum absolute atomic E-state index is 0.158. The Morgan fingerprint density at radius 1 is 0.923 bits per heavy atom. The average Bonchev–Trinajstić information content (AvgIpc) is 2.71. The van der Waals surface area contributed by atoms with E-state index in [1.165, 1.54) is 18.0 Å². The monoisotopic (exact) mass is 347 g/mol. The van der Waals surface area contributed by atoms with Crippen LogP contribution in [0.2, 0.25) is 0 Å². The van der Waals surface area contributed by atoms with Crippen LogP contribution in [0, 0.1) is 0 Å². The zero-order valence-corrected chi connectivity index (χ0v) is 14.4. The second-order valence-electron chi connectivity index (χ2n) is 5.82. The second-order valence-corrected chi connectivity index (χ2v) is 5.82. The summed E-state index contributed by atoms with van der Waals surface area (Å²) in [7, 11) is 0. The van der Waals surface area contributed by atoms with Gasteiger partial charge in [0.2, 0.25) is 5.95 Å². The lowest BCUT2D eigenvalue weighted by Crippen LogP contribution is -2.25. The van der Waals surface area contributed by atoms with Gasteiger partial charge in [0.15, 0.2) is 0 Å². The standard InChI is InChI=1S/C20H21N5O/c26-19(22-12-6-9-16-7-2-1-3-8-16)17-13-23-20(24-14-17)25-15-18-10-4-5-11-21-18/h1-5,7-8,10-11,13-14H,6,9,12,15H2,(H,22,26)(H,23,24,25). The van der Waals surface area contributed by atoms with Gasteiger partial charge >= 0.3 is 0 Å². The summed E-state index contributed by atoms with van der Waals surface area (Å²) in [6.07, 6.45) is 6.62. The van der Waals surface area contributed by atoms with Crippen molar-refractivity contribution in [2.24, 2.45) is 0 Å². The molecule has 0 fully saturated rings. The molecule has 0 unspecified atom stereocenters. The van der Waals surface area contributed by atoms with Crippen LogP contribution in [-0.2, 0) is 13.0 Å². The zero-order chi connectivity index (χ0) is 18.0. The number of pyridine rings is 1. The summed E-state index contributed by atoms with van der Waals surface area (Å²) in [5, 5.41) is 5.98. The highest BCUT2D eigenvalue weighted by atomic mass is 16.1. The largest absolute Gasteiger partial charge is 0.352 e. The number of aromatic nitrogens is 3. The molecular weight excluding hydrogens is 326 g/mol. The smallest absolute Gasteiger partial charge is 0.254 e. The van der Waals surface area contributed by atoms with E-state index in [0.29, 0.717) is 24.6 Å². The van der Waals surface area contributed by atoms with Gasteiger partial charge < -0.3 is 10.6 Å². The Morgan fingerprint density at radius 2 is 1.69 bits per heavy atom. The van der Waals surface area contributed by atoms with E-state index in [4.69, 9.17) is 0 Å². The van der Waals surface area contributed by atoms with Crippen molar-refractivity contribution in [3.63, 3.8) is 0 Å². The molecule has 0 radical (unpaired) electrons. The van der Waals surface area contributed by atoms with E-state index in [1.54, 1.807) is 6.20 Å². The molecule has 0 aliphatic rings. The number of anilines is 1. The number of nitrogens with zero attached hydrogens (tertiary/aromatic N) is 3. The molecule has 1 amide bonds. The molecule has 3 aromatic rings. The SMILES string of the molecule is O=C(NCCCc1ccccc1)c1cnc(NCc2ccccn2)nc1. The van der Waals surface area contributed by atoms with Crippen LogP contribution >= 0.6 is 0 Å². The van der Waals surface area contributed by atoms with Gasteiger partial charge in [-0.1, -0.05) is 36.4 Å². The van der Waals surface area contributed by atoms with Gasteiger partial charge in [0.1, 0.15) is 0 Å². The summed E-state index contributed by atoms with van der Waals surface area (Å²) in [5.74, 6) is 0.311. The molecular formula is C20H21N5O. The molecule has 0 atom stereocenters. The Labute approximate surface area is 152 Å². The van der Waals surface area contributed by atoms with E-state index in [0.717, 1.165) is 18.5 Å². The number of aryl methyl sites for hydroxylation is 1. The van der Waals surface area contributed by atoms with E-state index in [-0.39, 0.29) is 5.91 Å². The van der Waals surface area contributed by atoms with Crippen molar-refractivity contribution in [3.05, 3.63) is 83.9 Å². The quantitative estimate of drug-likeness (QED) is 0.613. The molecule has 0 saturated heterocycles. The van der Waals surface area contributed by atoms with Crippen LogP contribution in [0.1, 0.15) is 28.0 Å². The van der Waals surface area contributed by atoms with E-state index in [9.17, 15) is 4.79 Å². The van der Waals surface area contributed by atoms with Crippen LogP contribution in [0.15, 0.2) is 67.1 Å². The summed E-state index contributed by atoms with van der Waals surface area (Å²) in [5.41, 5.74) is 2.62. The molecule has 0 aliphatic heterocycles. The van der Waals surface area contributed by atoms with Crippen molar-refractivity contribution in [2.75, 3.05) is 11.9 Å². The summed E-state index contributed by atoms with van der Waals surface area (Å²) in [6, 6.07) is 15.9. The maximum Gasteiger partial charge on any atom is 0.254 e. The van der Waals surface area contributed by atoms with Crippen LogP contribution in [0.25, 0.3) is 0 Å². The third-order valence-corrected chi connectivity index (χ3v) is 3.84. The van der Waals surface area contributed by atoms with Gasteiger partial charge in [-0.25, -0.2) is 9.97 Å². The van der Waals surface area contributed by atoms with Crippen LogP contribution in [0.5, 0.6) is 0 Å². The highest BCUT2D eigenvalue weighted by Crippen LogP contribution is 2.04. The Kier molecular flexibility index (Phi) is 6.25. The molecule has 0 spiro atoms. The van der Waals surface area contributed by atoms with Crippen molar-refractivity contribution in [1.82, 2.24) is 20.3 Å². The molecule has 26 heavy (non-hydrogen) atoms. The van der Waals surface area contributed by atoms with Gasteiger partial charge in [-0.05, 0) is 30.5 Å². The van der Waals surface area contributed by atoms with Crippen molar-refractivity contribution in [3.8, 4) is 0 Å². The Balaban J connectivity index is 1.41. The van der Waals surface area contributed by atoms with Gasteiger partial charge in [0, 0.05) is 25.1 Å². The van der Waals surface area contributed by atoms with Crippen LogP contribution in [0.3, 0.4) is 0 Å². The van der Waals surface area contributed by atoms with Crippen molar-refractivity contribution >= 4 is 11.9 Å². The van der Waals surface area contributed by atoms with Gasteiger partial charge in [-0.15, -0.1) is 0 Å². The zero-order valence-electron chi connectivity index (χ0n) is 14.4. The molecule has 0 bridgehead atoms. The van der Waals surface area contributed by atoms with Gasteiger partial charge in [0.05, 0.1) is 17.8 Å². The first-order chi connectivity index (χ1) is 12.8. The van der Waals surface area contributed by atoms with Crippen LogP contribution in [0.4, 0.5) is 5.95 Å². The molecule has 0 saturated carbocycles. The average molecular weight is 347 g/mol. The fourth-order valence-electron chi connectivity index (χ4n) is 2.45. The number of benzene rings is 1.